The first-order valence-electron chi connectivity index (χ1n) is 8.57. The van der Waals surface area contributed by atoms with Crippen LogP contribution >= 0.6 is 0 Å². The van der Waals surface area contributed by atoms with Crippen LogP contribution in [0.3, 0.4) is 0 Å². The Balaban J connectivity index is 1.84. The molecule has 0 aliphatic heterocycles. The van der Waals surface area contributed by atoms with Crippen molar-refractivity contribution >= 4 is 10.0 Å². The van der Waals surface area contributed by atoms with E-state index in [2.05, 4.69) is 16.6 Å². The third-order valence-electron chi connectivity index (χ3n) is 3.72. The standard InChI is InChI=1S/C20H20F3NO3S/c1-2-6-16-9-11-19(12-10-16)28(25,26)24-13-3-4-14-27-18-8-5-7-17(15-18)20(21,22)23/h5,7-12,15,24H,2,6,13-14H2,1H3. The molecule has 0 bridgehead atoms. The van der Waals surface area contributed by atoms with E-state index in [1.165, 1.54) is 24.3 Å². The summed E-state index contributed by atoms with van der Waals surface area (Å²) in [5.41, 5.74) is 0.253. The van der Waals surface area contributed by atoms with Crippen molar-refractivity contribution in [2.45, 2.75) is 30.8 Å². The Morgan fingerprint density at radius 1 is 1.07 bits per heavy atom. The maximum absolute atomic E-state index is 12.6. The molecule has 0 unspecified atom stereocenters. The number of alkyl halides is 3. The second kappa shape index (κ2) is 9.62. The molecule has 2 rings (SSSR count). The normalized spacial score (nSPS) is 11.6. The zero-order chi connectivity index (χ0) is 20.6. The summed E-state index contributed by atoms with van der Waals surface area (Å²) in [7, 11) is -3.67. The van der Waals surface area contributed by atoms with E-state index < -0.39 is 21.8 Å². The van der Waals surface area contributed by atoms with E-state index in [0.717, 1.165) is 30.5 Å². The van der Waals surface area contributed by atoms with E-state index >= 15 is 0 Å². The van der Waals surface area contributed by atoms with Crippen molar-refractivity contribution in [2.75, 3.05) is 13.2 Å². The average molecular weight is 411 g/mol. The molecule has 0 atom stereocenters. The Bertz CT molecular complexity index is 943. The van der Waals surface area contributed by atoms with Crippen LogP contribution in [0.5, 0.6) is 5.75 Å². The van der Waals surface area contributed by atoms with E-state index in [4.69, 9.17) is 4.74 Å². The summed E-state index contributed by atoms with van der Waals surface area (Å²) in [6.45, 7) is 1.75. The summed E-state index contributed by atoms with van der Waals surface area (Å²) < 4.78 is 69.7. The first-order chi connectivity index (χ1) is 13.2. The summed E-state index contributed by atoms with van der Waals surface area (Å²) in [6, 6.07) is 11.1. The average Bonchev–Trinajstić information content (AvgIpc) is 2.65. The van der Waals surface area contributed by atoms with E-state index in [1.807, 2.05) is 6.92 Å². The minimum atomic E-state index is -4.45. The van der Waals surface area contributed by atoms with Crippen molar-refractivity contribution in [2.24, 2.45) is 0 Å². The number of ether oxygens (including phenoxy) is 1. The van der Waals surface area contributed by atoms with Crippen LogP contribution in [0.2, 0.25) is 0 Å². The maximum atomic E-state index is 12.6. The molecule has 2 aromatic rings. The largest absolute Gasteiger partial charge is 0.481 e. The Morgan fingerprint density at radius 3 is 2.43 bits per heavy atom. The number of rotatable bonds is 7. The van der Waals surface area contributed by atoms with Crippen LogP contribution in [0.4, 0.5) is 13.2 Å². The van der Waals surface area contributed by atoms with Crippen molar-refractivity contribution in [1.29, 1.82) is 0 Å². The Hall–Kier alpha value is -2.50. The van der Waals surface area contributed by atoms with E-state index in [-0.39, 0.29) is 23.8 Å². The molecule has 0 aliphatic rings. The van der Waals surface area contributed by atoms with Crippen molar-refractivity contribution < 1.29 is 26.3 Å². The van der Waals surface area contributed by atoms with Gasteiger partial charge in [-0.05, 0) is 42.3 Å². The summed E-state index contributed by atoms with van der Waals surface area (Å²) in [6.07, 6.45) is -2.59. The van der Waals surface area contributed by atoms with E-state index in [0.29, 0.717) is 0 Å². The van der Waals surface area contributed by atoms with Crippen molar-refractivity contribution in [3.63, 3.8) is 0 Å². The number of hydrogen-bond donors (Lipinski definition) is 1. The lowest BCUT2D eigenvalue weighted by molar-refractivity contribution is -0.137. The van der Waals surface area contributed by atoms with Gasteiger partial charge in [0.2, 0.25) is 10.0 Å². The monoisotopic (exact) mass is 411 g/mol. The van der Waals surface area contributed by atoms with Gasteiger partial charge in [-0.3, -0.25) is 0 Å². The predicted molar refractivity (Wildman–Crippen MR) is 100 cm³/mol. The highest BCUT2D eigenvalue weighted by molar-refractivity contribution is 7.89. The molecule has 0 fully saturated rings. The molecule has 0 spiro atoms. The molecule has 2 aromatic carbocycles. The smallest absolute Gasteiger partial charge is 0.416 e. The lowest BCUT2D eigenvalue weighted by atomic mass is 10.1. The highest BCUT2D eigenvalue weighted by atomic mass is 32.2. The van der Waals surface area contributed by atoms with E-state index in [1.54, 1.807) is 12.1 Å². The molecule has 8 heteroatoms. The first-order valence-corrected chi connectivity index (χ1v) is 10.0. The van der Waals surface area contributed by atoms with Crippen molar-refractivity contribution in [3.05, 3.63) is 59.7 Å². The SMILES string of the molecule is CCCc1ccc(S(=O)(=O)NCC#CCOc2cccc(C(F)(F)F)c2)cc1. The van der Waals surface area contributed by atoms with Gasteiger partial charge in [-0.2, -0.15) is 17.9 Å². The summed E-state index contributed by atoms with van der Waals surface area (Å²) >= 11 is 0. The van der Waals surface area contributed by atoms with Gasteiger partial charge in [0, 0.05) is 0 Å². The zero-order valence-corrected chi connectivity index (χ0v) is 16.0. The van der Waals surface area contributed by atoms with E-state index in [9.17, 15) is 21.6 Å². The fourth-order valence-corrected chi connectivity index (χ4v) is 3.26. The Labute approximate surface area is 162 Å². The quantitative estimate of drug-likeness (QED) is 0.701. The predicted octanol–water partition coefficient (Wildman–Crippen LogP) is 4.02. The lowest BCUT2D eigenvalue weighted by Crippen LogP contribution is -2.24. The number of aryl methyl sites for hydroxylation is 1. The van der Waals surface area contributed by atoms with Gasteiger partial charge in [-0.1, -0.05) is 43.4 Å². The summed E-state index contributed by atoms with van der Waals surface area (Å²) in [5.74, 6) is 5.17. The molecule has 0 aliphatic carbocycles. The van der Waals surface area contributed by atoms with Gasteiger partial charge in [0.1, 0.15) is 12.4 Å². The van der Waals surface area contributed by atoms with Crippen LogP contribution in [-0.4, -0.2) is 21.6 Å². The highest BCUT2D eigenvalue weighted by Crippen LogP contribution is 2.31. The van der Waals surface area contributed by atoms with Crippen molar-refractivity contribution in [3.8, 4) is 17.6 Å². The second-order valence-electron chi connectivity index (χ2n) is 5.89. The van der Waals surface area contributed by atoms with Gasteiger partial charge >= 0.3 is 6.18 Å². The highest BCUT2D eigenvalue weighted by Gasteiger charge is 2.30. The van der Waals surface area contributed by atoms with Crippen LogP contribution in [-0.2, 0) is 22.6 Å². The second-order valence-corrected chi connectivity index (χ2v) is 7.65. The number of hydrogen-bond acceptors (Lipinski definition) is 3. The minimum absolute atomic E-state index is 0.0388. The molecule has 0 amide bonds. The van der Waals surface area contributed by atoms with Gasteiger partial charge < -0.3 is 4.74 Å². The fraction of sp³-hybridized carbons (Fsp3) is 0.300. The Morgan fingerprint density at radius 2 is 1.79 bits per heavy atom. The lowest BCUT2D eigenvalue weighted by Gasteiger charge is -2.08. The topological polar surface area (TPSA) is 55.4 Å². The molecular weight excluding hydrogens is 391 g/mol. The molecule has 1 N–H and O–H groups in total. The van der Waals surface area contributed by atoms with Crippen molar-refractivity contribution in [1.82, 2.24) is 4.72 Å². The summed E-state index contributed by atoms with van der Waals surface area (Å²) in [5, 5.41) is 0. The molecule has 0 heterocycles. The third-order valence-corrected chi connectivity index (χ3v) is 5.14. The molecular formula is C20H20F3NO3S. The van der Waals surface area contributed by atoms with Crippen LogP contribution in [0.1, 0.15) is 24.5 Å². The fourth-order valence-electron chi connectivity index (χ4n) is 2.33. The van der Waals surface area contributed by atoms with Gasteiger partial charge in [0.15, 0.2) is 0 Å². The van der Waals surface area contributed by atoms with Gasteiger partial charge in [-0.15, -0.1) is 0 Å². The van der Waals surface area contributed by atoms with Crippen LogP contribution in [0, 0.1) is 11.8 Å². The maximum Gasteiger partial charge on any atom is 0.416 e. The minimum Gasteiger partial charge on any atom is -0.481 e. The number of benzene rings is 2. The van der Waals surface area contributed by atoms with Gasteiger partial charge in [-0.25, -0.2) is 8.42 Å². The third kappa shape index (κ3) is 6.59. The number of nitrogens with one attached hydrogen (secondary N) is 1. The number of halogens is 3. The Kier molecular flexibility index (Phi) is 7.49. The molecule has 0 aromatic heterocycles. The van der Waals surface area contributed by atoms with Gasteiger partial charge in [0.25, 0.3) is 0 Å². The molecule has 150 valence electrons. The molecule has 4 nitrogen and oxygen atoms in total. The first kappa shape index (κ1) is 21.8. The van der Waals surface area contributed by atoms with Gasteiger partial charge in [0.05, 0.1) is 17.0 Å². The van der Waals surface area contributed by atoms with Crippen LogP contribution in [0.15, 0.2) is 53.4 Å². The molecule has 0 radical (unpaired) electrons. The molecule has 0 saturated carbocycles. The zero-order valence-electron chi connectivity index (χ0n) is 15.2. The molecule has 0 saturated heterocycles. The molecule has 28 heavy (non-hydrogen) atoms. The van der Waals surface area contributed by atoms with Crippen LogP contribution in [0.25, 0.3) is 0 Å². The van der Waals surface area contributed by atoms with Crippen LogP contribution < -0.4 is 9.46 Å². The summed E-state index contributed by atoms with van der Waals surface area (Å²) in [4.78, 5) is 0.148. The number of sulfonamides is 1.